The molecule has 2 aromatic rings. The molecule has 0 spiro atoms. The zero-order chi connectivity index (χ0) is 32.8. The molecule has 5 rings (SSSR count). The molecule has 4 N–H and O–H groups in total. The molecular weight excluding hydrogens is 560 g/mol. The summed E-state index contributed by atoms with van der Waals surface area (Å²) < 4.78 is 0. The van der Waals surface area contributed by atoms with Crippen LogP contribution in [-0.4, -0.2) is 49.2 Å². The number of Topliss-reactive ketones (excluding diaryl/α,β-unsaturated/α-hetero) is 4. The van der Waals surface area contributed by atoms with Gasteiger partial charge in [0.1, 0.15) is 22.8 Å². The normalized spacial score (nSPS) is 28.3. The first-order valence-electron chi connectivity index (χ1n) is 15.0. The van der Waals surface area contributed by atoms with E-state index in [1.807, 2.05) is 19.9 Å². The number of carbonyl (C=O) groups excluding carboxylic acids is 4. The van der Waals surface area contributed by atoms with E-state index in [1.54, 1.807) is 52.0 Å². The largest absolute Gasteiger partial charge is 0.511 e. The summed E-state index contributed by atoms with van der Waals surface area (Å²) >= 11 is 0. The van der Waals surface area contributed by atoms with Crippen LogP contribution in [0, 0.1) is 22.7 Å². The maximum absolute atomic E-state index is 14.5. The van der Waals surface area contributed by atoms with Gasteiger partial charge in [-0.3, -0.25) is 19.2 Å². The number of allylic oxidation sites excluding steroid dienone is 2. The zero-order valence-electron chi connectivity index (χ0n) is 26.5. The Labute approximate surface area is 257 Å². The number of hydrogen-bond acceptors (Lipinski definition) is 8. The molecule has 44 heavy (non-hydrogen) atoms. The van der Waals surface area contributed by atoms with Gasteiger partial charge < -0.3 is 20.4 Å². The van der Waals surface area contributed by atoms with Crippen LogP contribution in [0.15, 0.2) is 53.0 Å². The Morgan fingerprint density at radius 2 is 1.52 bits per heavy atom. The van der Waals surface area contributed by atoms with Gasteiger partial charge in [0.2, 0.25) is 5.78 Å². The average Bonchev–Trinajstić information content (AvgIpc) is 2.90. The fraction of sp³-hybridized carbons (Fsp3) is 0.444. The number of rotatable bonds is 5. The average molecular weight is 601 g/mol. The van der Waals surface area contributed by atoms with Crippen molar-refractivity contribution >= 4 is 23.1 Å². The first-order chi connectivity index (χ1) is 20.3. The van der Waals surface area contributed by atoms with Gasteiger partial charge >= 0.3 is 0 Å². The topological polar surface area (TPSA) is 149 Å². The van der Waals surface area contributed by atoms with Crippen LogP contribution in [0.5, 0.6) is 5.75 Å². The van der Waals surface area contributed by atoms with Crippen LogP contribution in [0.3, 0.4) is 0 Å². The van der Waals surface area contributed by atoms with Crippen molar-refractivity contribution in [3.63, 3.8) is 0 Å². The summed E-state index contributed by atoms with van der Waals surface area (Å²) in [6.07, 6.45) is 0.254. The minimum absolute atomic E-state index is 0.0121. The molecule has 0 aliphatic heterocycles. The SMILES string of the molecule is CC(=O)C1=C(O)C(C(C)C)[C@@]2(C)C[C@@]3(C)Cc4c(C(C)C)cc(-c5ccc(C(C)=O)cc5)c(O)c4C(=O)C3=C(O)[C@@]2(O)C1=O. The van der Waals surface area contributed by atoms with Gasteiger partial charge in [-0.25, -0.2) is 0 Å². The fourth-order valence-electron chi connectivity index (χ4n) is 8.45. The van der Waals surface area contributed by atoms with Crippen molar-refractivity contribution in [1.29, 1.82) is 0 Å². The van der Waals surface area contributed by atoms with Crippen molar-refractivity contribution in [2.75, 3.05) is 0 Å². The molecule has 4 atom stereocenters. The van der Waals surface area contributed by atoms with E-state index < -0.39 is 56.8 Å². The molecule has 8 nitrogen and oxygen atoms in total. The minimum atomic E-state index is -2.66. The second-order valence-electron chi connectivity index (χ2n) is 14.0. The number of carbonyl (C=O) groups is 4. The Hall–Kier alpha value is -4.04. The van der Waals surface area contributed by atoms with E-state index in [4.69, 9.17) is 0 Å². The number of hydrogen-bond donors (Lipinski definition) is 4. The summed E-state index contributed by atoms with van der Waals surface area (Å²) in [5.74, 6) is -5.54. The van der Waals surface area contributed by atoms with Gasteiger partial charge in [-0.1, -0.05) is 65.8 Å². The molecule has 1 unspecified atom stereocenters. The predicted molar refractivity (Wildman–Crippen MR) is 165 cm³/mol. The smallest absolute Gasteiger partial charge is 0.209 e. The number of phenolic OH excluding ortho intramolecular Hbond substituents is 1. The monoisotopic (exact) mass is 600 g/mol. The maximum atomic E-state index is 14.5. The standard InChI is InChI=1S/C36H40O8/c1-16(2)22-13-23(21-11-9-20(10-12-21)18(5)37)29(39)26-24(22)14-34(7)15-35(8)27(17(3)4)30(40)25(19(6)38)32(42)36(35,44)33(43)28(34)31(26)41/h9-13,16-17,27,39-40,43-44H,14-15H2,1-8H3/t27?,34-,35-,36+/m1/s1. The summed E-state index contributed by atoms with van der Waals surface area (Å²) in [7, 11) is 0. The van der Waals surface area contributed by atoms with Gasteiger partial charge in [-0.05, 0) is 61.3 Å². The molecule has 0 radical (unpaired) electrons. The highest BCUT2D eigenvalue weighted by molar-refractivity contribution is 6.25. The van der Waals surface area contributed by atoms with E-state index in [0.29, 0.717) is 22.3 Å². The second kappa shape index (κ2) is 9.99. The Balaban J connectivity index is 1.81. The lowest BCUT2D eigenvalue weighted by atomic mass is 9.44. The number of aliphatic hydroxyl groups is 3. The molecule has 3 aliphatic carbocycles. The van der Waals surface area contributed by atoms with Crippen LogP contribution in [0.2, 0.25) is 0 Å². The van der Waals surface area contributed by atoms with Gasteiger partial charge in [0.15, 0.2) is 23.0 Å². The number of aliphatic hydroxyl groups excluding tert-OH is 2. The van der Waals surface area contributed by atoms with Crippen molar-refractivity contribution in [1.82, 2.24) is 0 Å². The van der Waals surface area contributed by atoms with Crippen LogP contribution in [0.25, 0.3) is 11.1 Å². The van der Waals surface area contributed by atoms with E-state index in [1.165, 1.54) is 6.92 Å². The second-order valence-corrected chi connectivity index (χ2v) is 14.0. The zero-order valence-corrected chi connectivity index (χ0v) is 26.5. The van der Waals surface area contributed by atoms with Crippen molar-refractivity contribution in [2.45, 2.75) is 79.8 Å². The molecule has 0 aromatic heterocycles. The summed E-state index contributed by atoms with van der Waals surface area (Å²) in [4.78, 5) is 52.9. The van der Waals surface area contributed by atoms with E-state index in [9.17, 15) is 39.6 Å². The minimum Gasteiger partial charge on any atom is -0.511 e. The van der Waals surface area contributed by atoms with E-state index in [0.717, 1.165) is 12.5 Å². The molecule has 232 valence electrons. The Bertz CT molecular complexity index is 1720. The Morgan fingerprint density at radius 1 is 0.932 bits per heavy atom. The third-order valence-corrected chi connectivity index (χ3v) is 10.3. The number of fused-ring (bicyclic) bond motifs is 3. The molecule has 3 aliphatic rings. The van der Waals surface area contributed by atoms with Crippen LogP contribution in [0.1, 0.15) is 99.6 Å². The van der Waals surface area contributed by atoms with Crippen molar-refractivity contribution in [2.24, 2.45) is 22.7 Å². The van der Waals surface area contributed by atoms with Gasteiger partial charge in [-0.15, -0.1) is 0 Å². The van der Waals surface area contributed by atoms with Crippen molar-refractivity contribution in [3.8, 4) is 16.9 Å². The van der Waals surface area contributed by atoms with Crippen LogP contribution >= 0.6 is 0 Å². The number of benzene rings is 2. The first kappa shape index (κ1) is 31.4. The van der Waals surface area contributed by atoms with Crippen LogP contribution < -0.4 is 0 Å². The Kier molecular flexibility index (Phi) is 7.13. The molecule has 2 aromatic carbocycles. The third-order valence-electron chi connectivity index (χ3n) is 10.3. The lowest BCUT2D eigenvalue weighted by molar-refractivity contribution is -0.171. The van der Waals surface area contributed by atoms with Crippen molar-refractivity contribution < 1.29 is 39.6 Å². The number of phenols is 1. The van der Waals surface area contributed by atoms with Gasteiger partial charge in [0, 0.05) is 33.4 Å². The highest BCUT2D eigenvalue weighted by atomic mass is 16.3. The van der Waals surface area contributed by atoms with Crippen LogP contribution in [-0.2, 0) is 16.0 Å². The summed E-state index contributed by atoms with van der Waals surface area (Å²) in [6.45, 7) is 13.6. The molecular formula is C36H40O8. The van der Waals surface area contributed by atoms with Crippen molar-refractivity contribution in [3.05, 3.63) is 75.3 Å². The molecule has 0 saturated heterocycles. The lowest BCUT2D eigenvalue weighted by Gasteiger charge is -2.59. The predicted octanol–water partition coefficient (Wildman–Crippen LogP) is 6.34. The highest BCUT2D eigenvalue weighted by Crippen LogP contribution is 2.65. The molecule has 0 saturated carbocycles. The molecule has 0 heterocycles. The third kappa shape index (κ3) is 3.99. The summed E-state index contributed by atoms with van der Waals surface area (Å²) in [5.41, 5.74) is -3.09. The number of aromatic hydroxyl groups is 1. The van der Waals surface area contributed by atoms with E-state index >= 15 is 0 Å². The molecule has 0 fully saturated rings. The van der Waals surface area contributed by atoms with E-state index in [-0.39, 0.29) is 47.3 Å². The molecule has 8 heteroatoms. The molecule has 0 bridgehead atoms. The van der Waals surface area contributed by atoms with Gasteiger partial charge in [0.05, 0.1) is 5.56 Å². The first-order valence-corrected chi connectivity index (χ1v) is 15.0. The van der Waals surface area contributed by atoms with Crippen LogP contribution in [0.4, 0.5) is 0 Å². The number of ketones is 4. The maximum Gasteiger partial charge on any atom is 0.209 e. The quantitative estimate of drug-likeness (QED) is 0.229. The fourth-order valence-corrected chi connectivity index (χ4v) is 8.45. The van der Waals surface area contributed by atoms with E-state index in [2.05, 4.69) is 0 Å². The van der Waals surface area contributed by atoms with Gasteiger partial charge in [-0.2, -0.15) is 0 Å². The highest BCUT2D eigenvalue weighted by Gasteiger charge is 2.71. The molecule has 0 amide bonds. The lowest BCUT2D eigenvalue weighted by Crippen LogP contribution is -2.67. The summed E-state index contributed by atoms with van der Waals surface area (Å²) in [6, 6.07) is 8.53. The van der Waals surface area contributed by atoms with Gasteiger partial charge in [0.25, 0.3) is 0 Å². The summed E-state index contributed by atoms with van der Waals surface area (Å²) in [5, 5.41) is 47.2. The Morgan fingerprint density at radius 3 is 2.02 bits per heavy atom.